The number of hydrogen-bond acceptors (Lipinski definition) is 6. The van der Waals surface area contributed by atoms with Crippen molar-refractivity contribution in [2.45, 2.75) is 419 Å². The average molecular weight is 1150 g/mol. The number of ether oxygens (including phenoxy) is 3. The van der Waals surface area contributed by atoms with Crippen molar-refractivity contribution in [2.75, 3.05) is 13.2 Å². The maximum absolute atomic E-state index is 12.9. The molecular weight excluding hydrogens is 1010 g/mol. The van der Waals surface area contributed by atoms with Crippen LogP contribution >= 0.6 is 0 Å². The van der Waals surface area contributed by atoms with Gasteiger partial charge in [-0.25, -0.2) is 0 Å². The molecule has 82 heavy (non-hydrogen) atoms. The lowest BCUT2D eigenvalue weighted by atomic mass is 10.0. The lowest BCUT2D eigenvalue weighted by Gasteiger charge is -2.18. The van der Waals surface area contributed by atoms with Crippen molar-refractivity contribution in [1.82, 2.24) is 0 Å². The minimum atomic E-state index is -0.773. The highest BCUT2D eigenvalue weighted by atomic mass is 16.6. The zero-order valence-corrected chi connectivity index (χ0v) is 55.5. The molecule has 0 saturated heterocycles. The summed E-state index contributed by atoms with van der Waals surface area (Å²) in [7, 11) is 0. The van der Waals surface area contributed by atoms with Gasteiger partial charge in [0.2, 0.25) is 0 Å². The molecule has 0 aromatic carbocycles. The fourth-order valence-electron chi connectivity index (χ4n) is 11.3. The predicted octanol–water partition coefficient (Wildman–Crippen LogP) is 25.5. The molecule has 0 radical (unpaired) electrons. The molecule has 0 aliphatic heterocycles. The lowest BCUT2D eigenvalue weighted by Crippen LogP contribution is -2.30. The second-order valence-electron chi connectivity index (χ2n) is 25.2. The Labute approximate surface area is 512 Å². The van der Waals surface area contributed by atoms with Crippen molar-refractivity contribution < 1.29 is 28.6 Å². The van der Waals surface area contributed by atoms with Gasteiger partial charge in [-0.3, -0.25) is 14.4 Å². The molecule has 6 nitrogen and oxygen atoms in total. The molecule has 482 valence electrons. The van der Waals surface area contributed by atoms with Gasteiger partial charge in [-0.15, -0.1) is 0 Å². The van der Waals surface area contributed by atoms with Gasteiger partial charge in [-0.05, 0) is 57.8 Å². The Morgan fingerprint density at radius 3 is 0.683 bits per heavy atom. The van der Waals surface area contributed by atoms with Crippen LogP contribution in [0.2, 0.25) is 0 Å². The fraction of sp³-hybridized carbons (Fsp3) is 0.882. The van der Waals surface area contributed by atoms with E-state index < -0.39 is 6.10 Å². The second-order valence-corrected chi connectivity index (χ2v) is 25.2. The van der Waals surface area contributed by atoms with Gasteiger partial charge >= 0.3 is 17.9 Å². The van der Waals surface area contributed by atoms with E-state index in [4.69, 9.17) is 14.2 Å². The number of hydrogen-bond donors (Lipinski definition) is 0. The normalized spacial score (nSPS) is 12.2. The summed E-state index contributed by atoms with van der Waals surface area (Å²) in [5.74, 6) is -0.850. The summed E-state index contributed by atoms with van der Waals surface area (Å²) in [6.45, 7) is 6.68. The summed E-state index contributed by atoms with van der Waals surface area (Å²) >= 11 is 0. The molecule has 0 aromatic rings. The number of allylic oxidation sites excluding steroid dienone is 6. The molecular formula is C76H142O6. The van der Waals surface area contributed by atoms with E-state index in [2.05, 4.69) is 57.2 Å². The highest BCUT2D eigenvalue weighted by Gasteiger charge is 2.20. The van der Waals surface area contributed by atoms with Crippen molar-refractivity contribution in [3.05, 3.63) is 36.5 Å². The summed E-state index contributed by atoms with van der Waals surface area (Å²) < 4.78 is 17.0. The van der Waals surface area contributed by atoms with Gasteiger partial charge in [0.25, 0.3) is 0 Å². The fourth-order valence-corrected chi connectivity index (χ4v) is 11.3. The zero-order valence-electron chi connectivity index (χ0n) is 55.5. The Balaban J connectivity index is 4.10. The van der Waals surface area contributed by atoms with Gasteiger partial charge in [0, 0.05) is 19.3 Å². The molecule has 6 heteroatoms. The summed E-state index contributed by atoms with van der Waals surface area (Å²) in [4.78, 5) is 38.4. The minimum Gasteiger partial charge on any atom is -0.462 e. The van der Waals surface area contributed by atoms with Gasteiger partial charge in [-0.2, -0.15) is 0 Å². The van der Waals surface area contributed by atoms with Crippen LogP contribution in [0.25, 0.3) is 0 Å². The Morgan fingerprint density at radius 2 is 0.439 bits per heavy atom. The first-order chi connectivity index (χ1) is 40.5. The number of carbonyl (C=O) groups is 3. The highest BCUT2D eigenvalue weighted by Crippen LogP contribution is 2.19. The van der Waals surface area contributed by atoms with Gasteiger partial charge in [0.1, 0.15) is 13.2 Å². The second kappa shape index (κ2) is 71.1. The average Bonchev–Trinajstić information content (AvgIpc) is 3.47. The molecule has 0 aliphatic carbocycles. The van der Waals surface area contributed by atoms with Crippen LogP contribution in [0.1, 0.15) is 412 Å². The molecule has 1 atom stereocenters. The van der Waals surface area contributed by atoms with E-state index >= 15 is 0 Å². The Morgan fingerprint density at radius 1 is 0.244 bits per heavy atom. The maximum atomic E-state index is 12.9. The smallest absolute Gasteiger partial charge is 0.306 e. The predicted molar refractivity (Wildman–Crippen MR) is 358 cm³/mol. The summed E-state index contributed by atoms with van der Waals surface area (Å²) in [5.41, 5.74) is 0. The van der Waals surface area contributed by atoms with Crippen LogP contribution in [0.4, 0.5) is 0 Å². The van der Waals surface area contributed by atoms with Crippen LogP contribution in [0.15, 0.2) is 36.5 Å². The van der Waals surface area contributed by atoms with Crippen molar-refractivity contribution in [3.63, 3.8) is 0 Å². The molecule has 0 amide bonds. The van der Waals surface area contributed by atoms with Gasteiger partial charge in [0.05, 0.1) is 0 Å². The first-order valence-corrected chi connectivity index (χ1v) is 37.0. The van der Waals surface area contributed by atoms with Crippen LogP contribution < -0.4 is 0 Å². The monoisotopic (exact) mass is 1150 g/mol. The van der Waals surface area contributed by atoms with E-state index in [0.717, 1.165) is 77.0 Å². The van der Waals surface area contributed by atoms with E-state index in [-0.39, 0.29) is 31.1 Å². The van der Waals surface area contributed by atoms with E-state index in [9.17, 15) is 14.4 Å². The third-order valence-corrected chi connectivity index (χ3v) is 16.9. The van der Waals surface area contributed by atoms with E-state index in [0.29, 0.717) is 19.3 Å². The maximum Gasteiger partial charge on any atom is 0.306 e. The van der Waals surface area contributed by atoms with Gasteiger partial charge in [-0.1, -0.05) is 372 Å². The number of esters is 3. The van der Waals surface area contributed by atoms with Gasteiger partial charge in [0.15, 0.2) is 6.10 Å². The summed E-state index contributed by atoms with van der Waals surface area (Å²) in [6, 6.07) is 0. The minimum absolute atomic E-state index is 0.0697. The van der Waals surface area contributed by atoms with Crippen LogP contribution in [0, 0.1) is 0 Å². The lowest BCUT2D eigenvalue weighted by molar-refractivity contribution is -0.167. The molecule has 0 N–H and O–H groups in total. The Hall–Kier alpha value is -2.37. The molecule has 0 heterocycles. The Kier molecular flexibility index (Phi) is 69.1. The van der Waals surface area contributed by atoms with Crippen LogP contribution in [0.3, 0.4) is 0 Å². The van der Waals surface area contributed by atoms with Crippen LogP contribution in [0.5, 0.6) is 0 Å². The molecule has 0 spiro atoms. The van der Waals surface area contributed by atoms with Crippen molar-refractivity contribution in [3.8, 4) is 0 Å². The highest BCUT2D eigenvalue weighted by molar-refractivity contribution is 5.71. The number of rotatable bonds is 69. The molecule has 0 saturated carbocycles. The van der Waals surface area contributed by atoms with E-state index in [1.807, 2.05) is 0 Å². The topological polar surface area (TPSA) is 78.9 Å². The summed E-state index contributed by atoms with van der Waals surface area (Å²) in [6.07, 6.45) is 89.2. The quantitative estimate of drug-likeness (QED) is 0.0261. The first-order valence-electron chi connectivity index (χ1n) is 37.0. The van der Waals surface area contributed by atoms with Crippen molar-refractivity contribution in [1.29, 1.82) is 0 Å². The molecule has 0 fully saturated rings. The Bertz CT molecular complexity index is 1370. The third kappa shape index (κ3) is 68.4. The van der Waals surface area contributed by atoms with E-state index in [1.54, 1.807) is 0 Å². The van der Waals surface area contributed by atoms with Crippen LogP contribution in [-0.4, -0.2) is 37.2 Å². The summed E-state index contributed by atoms with van der Waals surface area (Å²) in [5, 5.41) is 0. The van der Waals surface area contributed by atoms with Crippen molar-refractivity contribution >= 4 is 17.9 Å². The van der Waals surface area contributed by atoms with Crippen LogP contribution in [-0.2, 0) is 28.6 Å². The largest absolute Gasteiger partial charge is 0.462 e. The molecule has 0 aliphatic rings. The SMILES string of the molecule is CCCCCCC/C=C\C/C=C\C/C=C\CCCCCCCCCCC(=O)OC(COC(=O)CCCCCCCCCCCC)COC(=O)CCCCCCCCCCCCCCCCCCCCCCCCCCCCCCCCC. The molecule has 0 rings (SSSR count). The molecule has 0 aromatic heterocycles. The molecule has 1 unspecified atom stereocenters. The molecule has 0 bridgehead atoms. The number of carbonyl (C=O) groups excluding carboxylic acids is 3. The van der Waals surface area contributed by atoms with Crippen molar-refractivity contribution in [2.24, 2.45) is 0 Å². The number of unbranched alkanes of at least 4 members (excludes halogenated alkanes) is 52. The van der Waals surface area contributed by atoms with Gasteiger partial charge < -0.3 is 14.2 Å². The third-order valence-electron chi connectivity index (χ3n) is 16.9. The van der Waals surface area contributed by atoms with E-state index in [1.165, 1.54) is 295 Å². The first kappa shape index (κ1) is 79.6. The zero-order chi connectivity index (χ0) is 59.2. The standard InChI is InChI=1S/C76H142O6/c1-4-7-10-13-16-19-22-24-26-28-30-32-34-35-36-37-38-39-40-41-43-44-46-48-50-52-54-57-60-63-66-69-75(78)81-72-73(71-80-74(77)68-65-62-59-56-21-18-15-12-9-6-3)82-76(79)70-67-64-61-58-55-53-51-49-47-45-42-33-31-29-27-25-23-20-17-14-11-8-5-2/h23,25,29,31,42,45,73H,4-22,24,26-28,30,32-41,43-44,46-72H2,1-3H3/b25-23-,31-29-,45-42-.